The second-order valence-corrected chi connectivity index (χ2v) is 7.90. The third kappa shape index (κ3) is 2.98. The van der Waals surface area contributed by atoms with Gasteiger partial charge in [0.2, 0.25) is 5.78 Å². The summed E-state index contributed by atoms with van der Waals surface area (Å²) in [5.74, 6) is -0.666. The topological polar surface area (TPSA) is 96.0 Å². The smallest absolute Gasteiger partial charge is 0.264 e. The number of rotatable bonds is 5. The Hall–Kier alpha value is -2.03. The summed E-state index contributed by atoms with van der Waals surface area (Å²) in [6.45, 7) is 3.61. The Labute approximate surface area is 152 Å². The highest BCUT2D eigenvalue weighted by molar-refractivity contribution is 7.86. The zero-order chi connectivity index (χ0) is 19.2. The predicted molar refractivity (Wildman–Crippen MR) is 92.6 cm³/mol. The summed E-state index contributed by atoms with van der Waals surface area (Å²) < 4.78 is 39.2. The van der Waals surface area contributed by atoms with Crippen LogP contribution in [0.3, 0.4) is 0 Å². The molecule has 2 unspecified atom stereocenters. The lowest BCUT2D eigenvalue weighted by Crippen LogP contribution is -2.27. The molecule has 7 nitrogen and oxygen atoms in total. The second kappa shape index (κ2) is 6.61. The van der Waals surface area contributed by atoms with E-state index in [0.717, 1.165) is 11.8 Å². The second-order valence-electron chi connectivity index (χ2n) is 6.30. The molecule has 2 atom stereocenters. The summed E-state index contributed by atoms with van der Waals surface area (Å²) in [7, 11) is -2.36. The molecule has 26 heavy (non-hydrogen) atoms. The van der Waals surface area contributed by atoms with Crippen LogP contribution >= 0.6 is 0 Å². The molecule has 2 aliphatic carbocycles. The van der Waals surface area contributed by atoms with Crippen LogP contribution in [0.5, 0.6) is 0 Å². The van der Waals surface area contributed by atoms with Gasteiger partial charge in [0.05, 0.1) is 13.4 Å². The van der Waals surface area contributed by atoms with Crippen molar-refractivity contribution < 1.29 is 31.7 Å². The van der Waals surface area contributed by atoms with Gasteiger partial charge >= 0.3 is 0 Å². The van der Waals surface area contributed by atoms with Gasteiger partial charge in [-0.15, -0.1) is 0 Å². The lowest BCUT2D eigenvalue weighted by Gasteiger charge is -2.24. The zero-order valence-corrected chi connectivity index (χ0v) is 15.8. The zero-order valence-electron chi connectivity index (χ0n) is 15.0. The number of carbonyl (C=O) groups excluding carboxylic acids is 2. The van der Waals surface area contributed by atoms with Crippen LogP contribution in [0, 0.1) is 0 Å². The van der Waals surface area contributed by atoms with E-state index in [0.29, 0.717) is 12.2 Å². The molecule has 0 amide bonds. The van der Waals surface area contributed by atoms with Gasteiger partial charge in [0, 0.05) is 29.7 Å². The summed E-state index contributed by atoms with van der Waals surface area (Å²) in [5, 5.41) is 0. The Morgan fingerprint density at radius 3 is 2.46 bits per heavy atom. The highest BCUT2D eigenvalue weighted by atomic mass is 32.2. The lowest BCUT2D eigenvalue weighted by molar-refractivity contribution is -0.00894. The molecule has 8 heteroatoms. The van der Waals surface area contributed by atoms with Crippen molar-refractivity contribution in [2.75, 3.05) is 20.0 Å². The van der Waals surface area contributed by atoms with Crippen molar-refractivity contribution in [1.82, 2.24) is 0 Å². The van der Waals surface area contributed by atoms with Crippen LogP contribution in [0.1, 0.15) is 51.8 Å². The average Bonchev–Trinajstić information content (AvgIpc) is 2.89. The van der Waals surface area contributed by atoms with E-state index in [2.05, 4.69) is 0 Å². The van der Waals surface area contributed by atoms with Crippen LogP contribution in [0.2, 0.25) is 0 Å². The van der Waals surface area contributed by atoms with Gasteiger partial charge in [0.1, 0.15) is 12.2 Å². The number of Topliss-reactive ketones (excluding diaryl/α,β-unsaturated/α-hetero) is 2. The molecular weight excluding hydrogens is 360 g/mol. The van der Waals surface area contributed by atoms with Gasteiger partial charge in [-0.1, -0.05) is 6.07 Å². The van der Waals surface area contributed by atoms with Crippen molar-refractivity contribution in [3.05, 3.63) is 45.7 Å². The molecule has 0 saturated heterocycles. The van der Waals surface area contributed by atoms with E-state index in [4.69, 9.17) is 13.7 Å². The normalized spacial score (nSPS) is 22.5. The average molecular weight is 380 g/mol. The number of allylic oxidation sites excluding steroid dienone is 2. The number of carbonyl (C=O) groups is 2. The van der Waals surface area contributed by atoms with Crippen LogP contribution in [0.25, 0.3) is 0 Å². The van der Waals surface area contributed by atoms with Gasteiger partial charge in [0.25, 0.3) is 10.1 Å². The summed E-state index contributed by atoms with van der Waals surface area (Å²) in [4.78, 5) is 25.6. The molecule has 0 fully saturated rings. The Balaban J connectivity index is 2.17. The van der Waals surface area contributed by atoms with Gasteiger partial charge in [-0.3, -0.25) is 13.8 Å². The summed E-state index contributed by atoms with van der Waals surface area (Å²) in [5.41, 5.74) is 1.99. The van der Waals surface area contributed by atoms with Crippen LogP contribution in [0.4, 0.5) is 0 Å². The third-order valence-corrected chi connectivity index (χ3v) is 5.18. The maximum Gasteiger partial charge on any atom is 0.264 e. The van der Waals surface area contributed by atoms with E-state index in [1.807, 2.05) is 0 Å². The van der Waals surface area contributed by atoms with Gasteiger partial charge in [0.15, 0.2) is 11.5 Å². The van der Waals surface area contributed by atoms with Crippen LogP contribution in [-0.4, -0.2) is 46.1 Å². The Morgan fingerprint density at radius 2 is 1.88 bits per heavy atom. The Kier molecular flexibility index (Phi) is 4.76. The minimum absolute atomic E-state index is 0.0253. The van der Waals surface area contributed by atoms with E-state index in [1.54, 1.807) is 19.1 Å². The number of methoxy groups -OCH3 is 1. The Bertz CT molecular complexity index is 927. The molecule has 140 valence electrons. The quantitative estimate of drug-likeness (QED) is 0.721. The predicted octanol–water partition coefficient (Wildman–Crippen LogP) is 1.96. The highest BCUT2D eigenvalue weighted by Crippen LogP contribution is 2.42. The fourth-order valence-corrected chi connectivity index (χ4v) is 4.24. The van der Waals surface area contributed by atoms with Gasteiger partial charge in [-0.25, -0.2) is 0 Å². The van der Waals surface area contributed by atoms with Gasteiger partial charge in [-0.05, 0) is 31.0 Å². The minimum atomic E-state index is -3.71. The van der Waals surface area contributed by atoms with Crippen molar-refractivity contribution in [3.8, 4) is 0 Å². The molecule has 0 N–H and O–H groups in total. The van der Waals surface area contributed by atoms with Gasteiger partial charge in [-0.2, -0.15) is 8.42 Å². The summed E-state index contributed by atoms with van der Waals surface area (Å²) >= 11 is 0. The van der Waals surface area contributed by atoms with Crippen LogP contribution in [0.15, 0.2) is 23.5 Å². The van der Waals surface area contributed by atoms with Crippen molar-refractivity contribution in [2.45, 2.75) is 32.5 Å². The molecule has 1 aromatic rings. The first-order valence-electron chi connectivity index (χ1n) is 8.19. The standard InChI is InChI=1S/C18H20O7S/c1-5-24-18-12(25-26(4,21)22)8-10-6-7-11-14(13(10)18)15(19)9(2)17(23-3)16(11)20/h6-7,12,18H,5,8H2,1-4H3. The lowest BCUT2D eigenvalue weighted by atomic mass is 9.84. The number of fused-ring (bicyclic) bond motifs is 3. The number of hydrogen-bond donors (Lipinski definition) is 0. The maximum absolute atomic E-state index is 12.9. The SMILES string of the molecule is CCOC1c2c(ccc3c2C(=O)C(C)=C(OC)C3=O)CC1OS(C)(=O)=O. The molecule has 0 radical (unpaired) electrons. The van der Waals surface area contributed by atoms with E-state index < -0.39 is 22.3 Å². The van der Waals surface area contributed by atoms with E-state index in [-0.39, 0.29) is 40.4 Å². The molecule has 0 saturated carbocycles. The van der Waals surface area contributed by atoms with Crippen molar-refractivity contribution in [1.29, 1.82) is 0 Å². The van der Waals surface area contributed by atoms with Gasteiger partial charge < -0.3 is 9.47 Å². The number of ether oxygens (including phenoxy) is 2. The fourth-order valence-electron chi connectivity index (χ4n) is 3.62. The Morgan fingerprint density at radius 1 is 1.19 bits per heavy atom. The maximum atomic E-state index is 12.9. The van der Waals surface area contributed by atoms with Crippen LogP contribution < -0.4 is 0 Å². The number of benzene rings is 1. The monoisotopic (exact) mass is 380 g/mol. The first-order valence-corrected chi connectivity index (χ1v) is 10.0. The largest absolute Gasteiger partial charge is 0.492 e. The van der Waals surface area contributed by atoms with Crippen molar-refractivity contribution in [2.24, 2.45) is 0 Å². The first-order chi connectivity index (χ1) is 12.2. The number of hydrogen-bond acceptors (Lipinski definition) is 7. The third-order valence-electron chi connectivity index (χ3n) is 4.59. The molecular formula is C18H20O7S. The molecule has 2 aliphatic rings. The summed E-state index contributed by atoms with van der Waals surface area (Å²) in [6.07, 6.45) is -0.265. The molecule has 0 heterocycles. The number of ketones is 2. The first kappa shape index (κ1) is 18.8. The molecule has 0 aliphatic heterocycles. The molecule has 0 spiro atoms. The van der Waals surface area contributed by atoms with Crippen LogP contribution in [-0.2, 0) is 30.2 Å². The van der Waals surface area contributed by atoms with E-state index in [9.17, 15) is 18.0 Å². The molecule has 0 bridgehead atoms. The minimum Gasteiger partial charge on any atom is -0.492 e. The van der Waals surface area contributed by atoms with E-state index >= 15 is 0 Å². The molecule has 0 aromatic heterocycles. The summed E-state index contributed by atoms with van der Waals surface area (Å²) in [6, 6.07) is 3.29. The van der Waals surface area contributed by atoms with Crippen molar-refractivity contribution in [3.63, 3.8) is 0 Å². The molecule has 1 aromatic carbocycles. The molecule has 3 rings (SSSR count). The highest BCUT2D eigenvalue weighted by Gasteiger charge is 2.43. The van der Waals surface area contributed by atoms with Crippen molar-refractivity contribution >= 4 is 21.7 Å². The fraction of sp³-hybridized carbons (Fsp3) is 0.444. The van der Waals surface area contributed by atoms with E-state index in [1.165, 1.54) is 14.0 Å².